The van der Waals surface area contributed by atoms with Crippen LogP contribution in [0.5, 0.6) is 5.75 Å². The van der Waals surface area contributed by atoms with E-state index in [1.165, 1.54) is 11.8 Å². The zero-order valence-electron chi connectivity index (χ0n) is 11.3. The van der Waals surface area contributed by atoms with Gasteiger partial charge in [-0.25, -0.2) is 0 Å². The van der Waals surface area contributed by atoms with Crippen LogP contribution in [0.25, 0.3) is 0 Å². The van der Waals surface area contributed by atoms with Gasteiger partial charge in [0.2, 0.25) is 0 Å². The van der Waals surface area contributed by atoms with Gasteiger partial charge in [0.25, 0.3) is 5.91 Å². The topological polar surface area (TPSA) is 64.4 Å². The molecule has 0 atom stereocenters. The van der Waals surface area contributed by atoms with Crippen molar-refractivity contribution in [3.05, 3.63) is 48.0 Å². The van der Waals surface area contributed by atoms with Gasteiger partial charge in [-0.2, -0.15) is 0 Å². The summed E-state index contributed by atoms with van der Waals surface area (Å²) in [5, 5.41) is 2.60. The summed E-state index contributed by atoms with van der Waals surface area (Å²) in [6.45, 7) is 0. The van der Waals surface area contributed by atoms with Gasteiger partial charge in [0.05, 0.1) is 7.11 Å². The van der Waals surface area contributed by atoms with Crippen LogP contribution >= 0.6 is 11.8 Å². The molecular weight excluding hydrogens is 272 g/mol. The van der Waals surface area contributed by atoms with Gasteiger partial charge in [0.1, 0.15) is 5.75 Å². The normalized spacial score (nSPS) is 10.1. The molecule has 4 nitrogen and oxygen atoms in total. The Kier molecular flexibility index (Phi) is 4.53. The SMILES string of the molecule is CNC(=O)c1ccc(N)c(Sc2ccc(OC)cc2)c1. The number of carbonyl (C=O) groups is 1. The number of nitrogen functional groups attached to an aromatic ring is 1. The van der Waals surface area contributed by atoms with Crippen LogP contribution in [-0.4, -0.2) is 20.1 Å². The predicted octanol–water partition coefficient (Wildman–Crippen LogP) is 2.79. The van der Waals surface area contributed by atoms with Gasteiger partial charge in [0, 0.05) is 28.1 Å². The Bertz CT molecular complexity index is 612. The third kappa shape index (κ3) is 3.24. The lowest BCUT2D eigenvalue weighted by Crippen LogP contribution is -2.17. The summed E-state index contributed by atoms with van der Waals surface area (Å²) >= 11 is 1.51. The lowest BCUT2D eigenvalue weighted by Gasteiger charge is -2.08. The molecule has 0 aliphatic rings. The molecule has 0 aliphatic heterocycles. The second kappa shape index (κ2) is 6.34. The molecule has 0 aliphatic carbocycles. The lowest BCUT2D eigenvalue weighted by atomic mass is 10.2. The maximum atomic E-state index is 11.6. The first-order valence-corrected chi connectivity index (χ1v) is 6.89. The number of carbonyl (C=O) groups excluding carboxylic acids is 1. The molecule has 0 bridgehead atoms. The molecule has 2 rings (SSSR count). The lowest BCUT2D eigenvalue weighted by molar-refractivity contribution is 0.0963. The Morgan fingerprint density at radius 1 is 1.20 bits per heavy atom. The fourth-order valence-electron chi connectivity index (χ4n) is 1.68. The van der Waals surface area contributed by atoms with Crippen LogP contribution in [0, 0.1) is 0 Å². The molecule has 0 fully saturated rings. The second-order valence-corrected chi connectivity index (χ2v) is 5.22. The van der Waals surface area contributed by atoms with Crippen molar-refractivity contribution in [1.82, 2.24) is 5.32 Å². The van der Waals surface area contributed by atoms with E-state index >= 15 is 0 Å². The van der Waals surface area contributed by atoms with Gasteiger partial charge < -0.3 is 15.8 Å². The summed E-state index contributed by atoms with van der Waals surface area (Å²) in [6.07, 6.45) is 0. The van der Waals surface area contributed by atoms with Crippen molar-refractivity contribution in [1.29, 1.82) is 0 Å². The Hall–Kier alpha value is -2.14. The van der Waals surface area contributed by atoms with Crippen LogP contribution in [0.4, 0.5) is 5.69 Å². The molecule has 0 saturated heterocycles. The van der Waals surface area contributed by atoms with E-state index in [0.717, 1.165) is 15.5 Å². The first kappa shape index (κ1) is 14.3. The highest BCUT2D eigenvalue weighted by molar-refractivity contribution is 7.99. The summed E-state index contributed by atoms with van der Waals surface area (Å²) < 4.78 is 5.12. The van der Waals surface area contributed by atoms with Crippen LogP contribution in [-0.2, 0) is 0 Å². The Morgan fingerprint density at radius 2 is 1.90 bits per heavy atom. The number of methoxy groups -OCH3 is 1. The van der Waals surface area contributed by atoms with Gasteiger partial charge in [-0.05, 0) is 42.5 Å². The summed E-state index contributed by atoms with van der Waals surface area (Å²) in [6, 6.07) is 12.9. The molecule has 1 amide bonds. The van der Waals surface area contributed by atoms with Crippen LogP contribution in [0.3, 0.4) is 0 Å². The summed E-state index contributed by atoms with van der Waals surface area (Å²) in [4.78, 5) is 13.5. The number of amides is 1. The van der Waals surface area contributed by atoms with E-state index in [1.54, 1.807) is 32.4 Å². The molecule has 0 radical (unpaired) electrons. The highest BCUT2D eigenvalue weighted by Gasteiger charge is 2.08. The second-order valence-electron chi connectivity index (χ2n) is 4.11. The number of rotatable bonds is 4. The highest BCUT2D eigenvalue weighted by Crippen LogP contribution is 2.33. The predicted molar refractivity (Wildman–Crippen MR) is 81.4 cm³/mol. The van der Waals surface area contributed by atoms with E-state index in [9.17, 15) is 4.79 Å². The van der Waals surface area contributed by atoms with Gasteiger partial charge in [0.15, 0.2) is 0 Å². The number of hydrogen-bond donors (Lipinski definition) is 2. The van der Waals surface area contributed by atoms with Crippen molar-refractivity contribution in [2.24, 2.45) is 0 Å². The number of benzene rings is 2. The molecule has 2 aromatic rings. The molecule has 104 valence electrons. The smallest absolute Gasteiger partial charge is 0.251 e. The molecule has 2 aromatic carbocycles. The van der Waals surface area contributed by atoms with E-state index in [1.807, 2.05) is 24.3 Å². The van der Waals surface area contributed by atoms with Crippen molar-refractivity contribution in [3.63, 3.8) is 0 Å². The maximum Gasteiger partial charge on any atom is 0.251 e. The Morgan fingerprint density at radius 3 is 2.50 bits per heavy atom. The summed E-state index contributed by atoms with van der Waals surface area (Å²) in [5.74, 6) is 0.683. The summed E-state index contributed by atoms with van der Waals surface area (Å²) in [7, 11) is 3.24. The van der Waals surface area contributed by atoms with E-state index in [-0.39, 0.29) is 5.91 Å². The van der Waals surface area contributed by atoms with Gasteiger partial charge in [-0.15, -0.1) is 0 Å². The van der Waals surface area contributed by atoms with Gasteiger partial charge in [-0.3, -0.25) is 4.79 Å². The molecule has 3 N–H and O–H groups in total. The quantitative estimate of drug-likeness (QED) is 0.849. The Labute approximate surface area is 122 Å². The third-order valence-electron chi connectivity index (χ3n) is 2.79. The molecular formula is C15H16N2O2S. The molecule has 0 aromatic heterocycles. The standard InChI is InChI=1S/C15H16N2O2S/c1-17-15(18)10-3-8-13(16)14(9-10)20-12-6-4-11(19-2)5-7-12/h3-9H,16H2,1-2H3,(H,17,18). The minimum absolute atomic E-state index is 0.124. The van der Waals surface area contributed by atoms with Crippen molar-refractivity contribution < 1.29 is 9.53 Å². The van der Waals surface area contributed by atoms with Crippen molar-refractivity contribution >= 4 is 23.4 Å². The average molecular weight is 288 g/mol. The molecule has 0 heterocycles. The Balaban J connectivity index is 2.25. The fraction of sp³-hybridized carbons (Fsp3) is 0.133. The van der Waals surface area contributed by atoms with E-state index < -0.39 is 0 Å². The average Bonchev–Trinajstić information content (AvgIpc) is 2.49. The number of nitrogens with one attached hydrogen (secondary N) is 1. The maximum absolute atomic E-state index is 11.6. The zero-order valence-corrected chi connectivity index (χ0v) is 12.2. The van der Waals surface area contributed by atoms with Crippen molar-refractivity contribution in [3.8, 4) is 5.75 Å². The minimum Gasteiger partial charge on any atom is -0.497 e. The van der Waals surface area contributed by atoms with Crippen LogP contribution < -0.4 is 15.8 Å². The number of ether oxygens (including phenoxy) is 1. The zero-order chi connectivity index (χ0) is 14.5. The van der Waals surface area contributed by atoms with Gasteiger partial charge in [-0.1, -0.05) is 11.8 Å². The van der Waals surface area contributed by atoms with E-state index in [2.05, 4.69) is 5.32 Å². The first-order chi connectivity index (χ1) is 9.63. The van der Waals surface area contributed by atoms with Crippen LogP contribution in [0.15, 0.2) is 52.3 Å². The van der Waals surface area contributed by atoms with Crippen LogP contribution in [0.2, 0.25) is 0 Å². The monoisotopic (exact) mass is 288 g/mol. The first-order valence-electron chi connectivity index (χ1n) is 6.07. The molecule has 0 unspecified atom stereocenters. The summed E-state index contributed by atoms with van der Waals surface area (Å²) in [5.41, 5.74) is 7.20. The minimum atomic E-state index is -0.124. The highest BCUT2D eigenvalue weighted by atomic mass is 32.2. The number of hydrogen-bond acceptors (Lipinski definition) is 4. The van der Waals surface area contributed by atoms with E-state index in [0.29, 0.717) is 11.3 Å². The van der Waals surface area contributed by atoms with Gasteiger partial charge >= 0.3 is 0 Å². The largest absolute Gasteiger partial charge is 0.497 e. The molecule has 0 saturated carbocycles. The molecule has 5 heteroatoms. The third-order valence-corrected chi connectivity index (χ3v) is 3.87. The number of nitrogens with two attached hydrogens (primary N) is 1. The van der Waals surface area contributed by atoms with E-state index in [4.69, 9.17) is 10.5 Å². The molecule has 0 spiro atoms. The van der Waals surface area contributed by atoms with Crippen molar-refractivity contribution in [2.45, 2.75) is 9.79 Å². The van der Waals surface area contributed by atoms with Crippen molar-refractivity contribution in [2.75, 3.05) is 19.9 Å². The number of anilines is 1. The molecule has 20 heavy (non-hydrogen) atoms. The fourth-order valence-corrected chi connectivity index (χ4v) is 2.58. The van der Waals surface area contributed by atoms with Crippen LogP contribution in [0.1, 0.15) is 10.4 Å².